The molecule has 24 heavy (non-hydrogen) atoms. The van der Waals surface area contributed by atoms with Crippen LogP contribution in [0.15, 0.2) is 24.3 Å². The molecule has 1 amide bonds. The van der Waals surface area contributed by atoms with Crippen LogP contribution >= 0.6 is 11.3 Å². The van der Waals surface area contributed by atoms with Gasteiger partial charge < -0.3 is 15.8 Å². The van der Waals surface area contributed by atoms with Gasteiger partial charge in [0.25, 0.3) is 0 Å². The predicted octanol–water partition coefficient (Wildman–Crippen LogP) is 2.80. The highest BCUT2D eigenvalue weighted by Crippen LogP contribution is 2.31. The number of carbonyl (C=O) groups excluding carboxylic acids is 1. The Morgan fingerprint density at radius 1 is 1.42 bits per heavy atom. The van der Waals surface area contributed by atoms with Gasteiger partial charge in [0, 0.05) is 19.2 Å². The maximum Gasteiger partial charge on any atom is 0.223 e. The average molecular weight is 351 g/mol. The summed E-state index contributed by atoms with van der Waals surface area (Å²) in [6.07, 6.45) is -0.0606. The van der Waals surface area contributed by atoms with Gasteiger partial charge in [0.15, 0.2) is 0 Å². The number of ether oxygens (including phenoxy) is 1. The summed E-state index contributed by atoms with van der Waals surface area (Å²) in [6.45, 7) is 4.11. The van der Waals surface area contributed by atoms with E-state index in [0.29, 0.717) is 6.54 Å². The largest absolute Gasteiger partial charge is 0.380 e. The van der Waals surface area contributed by atoms with Crippen LogP contribution in [0.4, 0.5) is 4.39 Å². The van der Waals surface area contributed by atoms with Crippen LogP contribution < -0.4 is 11.1 Å². The summed E-state index contributed by atoms with van der Waals surface area (Å²) < 4.78 is 18.2. The van der Waals surface area contributed by atoms with Gasteiger partial charge in [-0.3, -0.25) is 4.79 Å². The van der Waals surface area contributed by atoms with Crippen molar-refractivity contribution >= 4 is 17.2 Å². The molecule has 0 bridgehead atoms. The average Bonchev–Trinajstić information content (AvgIpc) is 2.95. The van der Waals surface area contributed by atoms with Crippen molar-refractivity contribution in [3.05, 3.63) is 40.7 Å². The summed E-state index contributed by atoms with van der Waals surface area (Å²) in [6, 6.07) is 6.05. The number of benzene rings is 1. The minimum atomic E-state index is -0.283. The van der Waals surface area contributed by atoms with E-state index in [0.717, 1.165) is 21.1 Å². The lowest BCUT2D eigenvalue weighted by Gasteiger charge is -2.16. The number of nitrogens with two attached hydrogens (primary N) is 1. The third kappa shape index (κ3) is 4.59. The molecule has 3 N–H and O–H groups in total. The van der Waals surface area contributed by atoms with Crippen LogP contribution in [0.1, 0.15) is 30.0 Å². The van der Waals surface area contributed by atoms with Crippen molar-refractivity contribution in [1.29, 1.82) is 0 Å². The first kappa shape index (κ1) is 18.5. The quantitative estimate of drug-likeness (QED) is 0.804. The first-order valence-electron chi connectivity index (χ1n) is 7.70. The number of nitrogens with one attached hydrogen (secondary N) is 1. The van der Waals surface area contributed by atoms with Gasteiger partial charge in [-0.25, -0.2) is 9.37 Å². The number of thiazole rings is 1. The van der Waals surface area contributed by atoms with Gasteiger partial charge in [-0.1, -0.05) is 0 Å². The van der Waals surface area contributed by atoms with Crippen LogP contribution in [0.3, 0.4) is 0 Å². The van der Waals surface area contributed by atoms with Crippen molar-refractivity contribution in [2.24, 2.45) is 5.73 Å². The maximum absolute atomic E-state index is 13.0. The van der Waals surface area contributed by atoms with Crippen LogP contribution in [0.2, 0.25) is 0 Å². The summed E-state index contributed by atoms with van der Waals surface area (Å²) in [4.78, 5) is 17.6. The second-order valence-corrected chi connectivity index (χ2v) is 6.59. The Kier molecular flexibility index (Phi) is 6.42. The number of nitrogens with zero attached hydrogens (tertiary/aromatic N) is 1. The number of carbonyl (C=O) groups is 1. The summed E-state index contributed by atoms with van der Waals surface area (Å²) in [5.41, 5.74) is 7.25. The molecule has 0 fully saturated rings. The molecular weight excluding hydrogens is 329 g/mol. The van der Waals surface area contributed by atoms with E-state index in [1.54, 1.807) is 12.1 Å². The van der Waals surface area contributed by atoms with Crippen molar-refractivity contribution in [1.82, 2.24) is 10.3 Å². The molecule has 1 heterocycles. The van der Waals surface area contributed by atoms with Crippen LogP contribution in [-0.2, 0) is 9.53 Å². The lowest BCUT2D eigenvalue weighted by molar-refractivity contribution is -0.124. The van der Waals surface area contributed by atoms with Gasteiger partial charge in [0.2, 0.25) is 5.91 Å². The zero-order valence-corrected chi connectivity index (χ0v) is 14.8. The van der Waals surface area contributed by atoms with E-state index in [1.807, 2.05) is 13.8 Å². The molecule has 2 aromatic rings. The Morgan fingerprint density at radius 3 is 2.67 bits per heavy atom. The Labute approximate surface area is 145 Å². The molecular formula is C17H22FN3O2S. The molecule has 1 aromatic carbocycles. The highest BCUT2D eigenvalue weighted by Gasteiger charge is 2.19. The first-order chi connectivity index (χ1) is 11.4. The fourth-order valence-electron chi connectivity index (χ4n) is 2.36. The Bertz CT molecular complexity index is 684. The second kappa shape index (κ2) is 8.32. The molecule has 0 spiro atoms. The number of halogens is 1. The second-order valence-electron chi connectivity index (χ2n) is 5.56. The highest BCUT2D eigenvalue weighted by molar-refractivity contribution is 7.15. The van der Waals surface area contributed by atoms with E-state index in [9.17, 15) is 9.18 Å². The van der Waals surface area contributed by atoms with E-state index >= 15 is 0 Å². The fraction of sp³-hybridized carbons (Fsp3) is 0.412. The number of methoxy groups -OCH3 is 1. The molecule has 0 saturated heterocycles. The number of amides is 1. The van der Waals surface area contributed by atoms with E-state index in [-0.39, 0.29) is 30.3 Å². The van der Waals surface area contributed by atoms with Crippen molar-refractivity contribution in [2.45, 2.75) is 32.4 Å². The summed E-state index contributed by atoms with van der Waals surface area (Å²) in [7, 11) is 1.54. The lowest BCUT2D eigenvalue weighted by atomic mass is 10.2. The molecule has 0 aliphatic rings. The van der Waals surface area contributed by atoms with Gasteiger partial charge in [0.1, 0.15) is 10.8 Å². The molecule has 0 radical (unpaired) electrons. The number of rotatable bonds is 7. The molecule has 2 atom stereocenters. The van der Waals surface area contributed by atoms with Crippen molar-refractivity contribution < 1.29 is 13.9 Å². The standard InChI is InChI=1S/C17H22FN3O2S/c1-10(20-15(22)8-14(9-19)23-3)16-11(2)21-17(24-16)12-4-6-13(18)7-5-12/h4-7,10,14H,8-9,19H2,1-3H3,(H,20,22). The van der Waals surface area contributed by atoms with Gasteiger partial charge >= 0.3 is 0 Å². The number of hydrogen-bond donors (Lipinski definition) is 2. The minimum Gasteiger partial charge on any atom is -0.380 e. The Morgan fingerprint density at radius 2 is 2.08 bits per heavy atom. The predicted molar refractivity (Wildman–Crippen MR) is 93.3 cm³/mol. The number of hydrogen-bond acceptors (Lipinski definition) is 5. The van der Waals surface area contributed by atoms with Gasteiger partial charge in [-0.15, -0.1) is 11.3 Å². The van der Waals surface area contributed by atoms with Crippen molar-refractivity contribution in [2.75, 3.05) is 13.7 Å². The zero-order valence-electron chi connectivity index (χ0n) is 14.0. The van der Waals surface area contributed by atoms with E-state index < -0.39 is 0 Å². The molecule has 0 saturated carbocycles. The minimum absolute atomic E-state index is 0.115. The molecule has 0 aliphatic carbocycles. The zero-order chi connectivity index (χ0) is 17.7. The first-order valence-corrected chi connectivity index (χ1v) is 8.51. The maximum atomic E-state index is 13.0. The third-order valence-corrected chi connectivity index (χ3v) is 5.09. The molecule has 7 heteroatoms. The summed E-state index contributed by atoms with van der Waals surface area (Å²) in [5.74, 6) is -0.392. The van der Waals surface area contributed by atoms with Crippen LogP contribution in [-0.4, -0.2) is 30.6 Å². The van der Waals surface area contributed by atoms with Crippen molar-refractivity contribution in [3.8, 4) is 10.6 Å². The van der Waals surface area contributed by atoms with E-state index in [1.165, 1.54) is 30.6 Å². The van der Waals surface area contributed by atoms with Gasteiger partial charge in [-0.05, 0) is 38.1 Å². The van der Waals surface area contributed by atoms with Gasteiger partial charge in [0.05, 0.1) is 29.1 Å². The Hall–Kier alpha value is -1.83. The third-order valence-electron chi connectivity index (χ3n) is 3.70. The van der Waals surface area contributed by atoms with Crippen molar-refractivity contribution in [3.63, 3.8) is 0 Å². The van der Waals surface area contributed by atoms with Crippen LogP contribution in [0.25, 0.3) is 10.6 Å². The number of aryl methyl sites for hydroxylation is 1. The van der Waals surface area contributed by atoms with Crippen LogP contribution in [0, 0.1) is 12.7 Å². The molecule has 2 rings (SSSR count). The lowest BCUT2D eigenvalue weighted by Crippen LogP contribution is -2.33. The normalized spacial score (nSPS) is 13.5. The molecule has 5 nitrogen and oxygen atoms in total. The van der Waals surface area contributed by atoms with Crippen LogP contribution in [0.5, 0.6) is 0 Å². The monoisotopic (exact) mass is 351 g/mol. The fourth-order valence-corrected chi connectivity index (χ4v) is 3.44. The van der Waals surface area contributed by atoms with E-state index in [2.05, 4.69) is 10.3 Å². The highest BCUT2D eigenvalue weighted by atomic mass is 32.1. The summed E-state index contributed by atoms with van der Waals surface area (Å²) >= 11 is 1.49. The molecule has 1 aromatic heterocycles. The Balaban J connectivity index is 2.08. The smallest absolute Gasteiger partial charge is 0.223 e. The summed E-state index contributed by atoms with van der Waals surface area (Å²) in [5, 5.41) is 3.75. The molecule has 0 aliphatic heterocycles. The van der Waals surface area contributed by atoms with Gasteiger partial charge in [-0.2, -0.15) is 0 Å². The SMILES string of the molecule is COC(CN)CC(=O)NC(C)c1sc(-c2ccc(F)cc2)nc1C. The number of aromatic nitrogens is 1. The molecule has 130 valence electrons. The topological polar surface area (TPSA) is 77.2 Å². The van der Waals surface area contributed by atoms with E-state index in [4.69, 9.17) is 10.5 Å². The molecule has 2 unspecified atom stereocenters.